The lowest BCUT2D eigenvalue weighted by Gasteiger charge is -2.09. The van der Waals surface area contributed by atoms with E-state index in [9.17, 15) is 9.59 Å². The van der Waals surface area contributed by atoms with Gasteiger partial charge in [-0.1, -0.05) is 29.8 Å². The third kappa shape index (κ3) is 5.83. The highest BCUT2D eigenvalue weighted by molar-refractivity contribution is 6.31. The molecule has 29 heavy (non-hydrogen) atoms. The number of anilines is 2. The van der Waals surface area contributed by atoms with Crippen LogP contribution in [0.25, 0.3) is 0 Å². The number of ether oxygens (including phenoxy) is 1. The number of methoxy groups -OCH3 is 1. The zero-order chi connectivity index (χ0) is 20.6. The van der Waals surface area contributed by atoms with E-state index in [2.05, 4.69) is 10.6 Å². The number of amides is 2. The summed E-state index contributed by atoms with van der Waals surface area (Å²) in [6.07, 6.45) is 0.886. The summed E-state index contributed by atoms with van der Waals surface area (Å²) >= 11 is 6.11. The van der Waals surface area contributed by atoms with Crippen LogP contribution in [0.5, 0.6) is 5.75 Å². The average Bonchev–Trinajstić information content (AvgIpc) is 2.74. The van der Waals surface area contributed by atoms with E-state index < -0.39 is 0 Å². The average molecular weight is 409 g/mol. The Morgan fingerprint density at radius 3 is 2.14 bits per heavy atom. The quantitative estimate of drug-likeness (QED) is 0.566. The predicted molar refractivity (Wildman–Crippen MR) is 116 cm³/mol. The molecular formula is C23H21ClN2O3. The molecule has 0 heterocycles. The van der Waals surface area contributed by atoms with Crippen LogP contribution in [0.4, 0.5) is 11.4 Å². The summed E-state index contributed by atoms with van der Waals surface area (Å²) in [5.74, 6) is 0.379. The molecule has 3 rings (SSSR count). The van der Waals surface area contributed by atoms with Crippen LogP contribution < -0.4 is 15.4 Å². The van der Waals surface area contributed by atoms with Crippen molar-refractivity contribution in [1.29, 1.82) is 0 Å². The molecule has 2 N–H and O–H groups in total. The fourth-order valence-electron chi connectivity index (χ4n) is 2.76. The first kappa shape index (κ1) is 20.4. The van der Waals surface area contributed by atoms with E-state index in [0.29, 0.717) is 34.8 Å². The lowest BCUT2D eigenvalue weighted by molar-refractivity contribution is -0.116. The third-order valence-corrected chi connectivity index (χ3v) is 4.73. The van der Waals surface area contributed by atoms with Gasteiger partial charge in [-0.2, -0.15) is 0 Å². The van der Waals surface area contributed by atoms with Crippen molar-refractivity contribution in [2.45, 2.75) is 12.8 Å². The number of rotatable bonds is 7. The van der Waals surface area contributed by atoms with Crippen LogP contribution in [0.15, 0.2) is 72.8 Å². The molecule has 148 valence electrons. The first-order valence-corrected chi connectivity index (χ1v) is 9.51. The maximum Gasteiger partial charge on any atom is 0.255 e. The van der Waals surface area contributed by atoms with Gasteiger partial charge in [0.2, 0.25) is 5.91 Å². The lowest BCUT2D eigenvalue weighted by Crippen LogP contribution is -2.14. The Balaban J connectivity index is 1.53. The zero-order valence-corrected chi connectivity index (χ0v) is 16.7. The van der Waals surface area contributed by atoms with Crippen molar-refractivity contribution in [2.75, 3.05) is 17.7 Å². The van der Waals surface area contributed by atoms with Gasteiger partial charge in [-0.05, 0) is 66.6 Å². The highest BCUT2D eigenvalue weighted by Crippen LogP contribution is 2.18. The van der Waals surface area contributed by atoms with Crippen LogP contribution in [0.2, 0.25) is 5.02 Å². The minimum absolute atomic E-state index is 0.111. The molecule has 5 nitrogen and oxygen atoms in total. The molecule has 2 amide bonds. The van der Waals surface area contributed by atoms with E-state index in [0.717, 1.165) is 11.3 Å². The Kier molecular flexibility index (Phi) is 6.87. The van der Waals surface area contributed by atoms with Crippen LogP contribution >= 0.6 is 11.6 Å². The van der Waals surface area contributed by atoms with Gasteiger partial charge < -0.3 is 15.4 Å². The summed E-state index contributed by atoms with van der Waals surface area (Å²) in [7, 11) is 1.59. The summed E-state index contributed by atoms with van der Waals surface area (Å²) < 4.78 is 5.10. The monoisotopic (exact) mass is 408 g/mol. The molecule has 0 aromatic heterocycles. The summed E-state index contributed by atoms with van der Waals surface area (Å²) in [4.78, 5) is 24.5. The fourth-order valence-corrected chi connectivity index (χ4v) is 2.99. The van der Waals surface area contributed by atoms with Crippen molar-refractivity contribution in [1.82, 2.24) is 0 Å². The second-order valence-electron chi connectivity index (χ2n) is 6.40. The van der Waals surface area contributed by atoms with Gasteiger partial charge in [0.25, 0.3) is 5.91 Å². The molecule has 0 saturated carbocycles. The summed E-state index contributed by atoms with van der Waals surface area (Å²) in [6, 6.07) is 21.3. The smallest absolute Gasteiger partial charge is 0.255 e. The van der Waals surface area contributed by atoms with Gasteiger partial charge in [-0.3, -0.25) is 9.59 Å². The third-order valence-electron chi connectivity index (χ3n) is 4.36. The van der Waals surface area contributed by atoms with Crippen molar-refractivity contribution in [3.05, 3.63) is 88.9 Å². The molecule has 0 aliphatic heterocycles. The van der Waals surface area contributed by atoms with Crippen LogP contribution in [0.3, 0.4) is 0 Å². The maximum atomic E-state index is 12.4. The number of halogens is 1. The molecule has 0 spiro atoms. The van der Waals surface area contributed by atoms with Crippen LogP contribution in [0.1, 0.15) is 22.3 Å². The number of nitrogens with one attached hydrogen (secondary N) is 2. The number of hydrogen-bond acceptors (Lipinski definition) is 3. The van der Waals surface area contributed by atoms with E-state index >= 15 is 0 Å². The van der Waals surface area contributed by atoms with Gasteiger partial charge in [0.05, 0.1) is 7.11 Å². The van der Waals surface area contributed by atoms with Crippen molar-refractivity contribution in [3.63, 3.8) is 0 Å². The molecule has 0 aliphatic rings. The lowest BCUT2D eigenvalue weighted by atomic mass is 10.1. The highest BCUT2D eigenvalue weighted by atomic mass is 35.5. The summed E-state index contributed by atoms with van der Waals surface area (Å²) in [6.45, 7) is 0. The van der Waals surface area contributed by atoms with E-state index in [1.807, 2.05) is 24.3 Å². The number of aryl methyl sites for hydroxylation is 1. The number of carbonyl (C=O) groups excluding carboxylic acids is 2. The molecule has 0 saturated heterocycles. The maximum absolute atomic E-state index is 12.4. The Hall–Kier alpha value is -3.31. The van der Waals surface area contributed by atoms with Crippen LogP contribution in [-0.2, 0) is 11.2 Å². The fraction of sp³-hybridized carbons (Fsp3) is 0.130. The van der Waals surface area contributed by atoms with E-state index in [1.54, 1.807) is 55.6 Å². The molecule has 0 aliphatic carbocycles. The van der Waals surface area contributed by atoms with Crippen molar-refractivity contribution >= 4 is 34.8 Å². The molecule has 3 aromatic rings. The minimum Gasteiger partial charge on any atom is -0.497 e. The summed E-state index contributed by atoms with van der Waals surface area (Å²) in [5.41, 5.74) is 2.74. The molecule has 0 atom stereocenters. The second kappa shape index (κ2) is 9.75. The minimum atomic E-state index is -0.230. The van der Waals surface area contributed by atoms with Crippen molar-refractivity contribution in [3.8, 4) is 5.75 Å². The molecule has 0 fully saturated rings. The van der Waals surface area contributed by atoms with E-state index in [1.165, 1.54) is 0 Å². The first-order chi connectivity index (χ1) is 14.0. The van der Waals surface area contributed by atoms with Gasteiger partial charge in [0.15, 0.2) is 0 Å². The molecule has 6 heteroatoms. The molecular weight excluding hydrogens is 388 g/mol. The Morgan fingerprint density at radius 1 is 0.862 bits per heavy atom. The standard InChI is InChI=1S/C23H21ClN2O3/c1-29-20-13-11-19(12-14-20)26-23(28)17-6-9-18(10-7-17)25-22(27)15-8-16-4-2-3-5-21(16)24/h2-7,9-14H,8,15H2,1H3,(H,25,27)(H,26,28). The normalized spacial score (nSPS) is 10.3. The first-order valence-electron chi connectivity index (χ1n) is 9.14. The second-order valence-corrected chi connectivity index (χ2v) is 6.81. The zero-order valence-electron chi connectivity index (χ0n) is 15.9. The predicted octanol–water partition coefficient (Wildman–Crippen LogP) is 5.17. The van der Waals surface area contributed by atoms with Gasteiger partial charge in [0, 0.05) is 28.4 Å². The Bertz CT molecular complexity index is 986. The molecule has 0 radical (unpaired) electrons. The molecule has 3 aromatic carbocycles. The van der Waals surface area contributed by atoms with Gasteiger partial charge >= 0.3 is 0 Å². The molecule has 0 bridgehead atoms. The van der Waals surface area contributed by atoms with Crippen LogP contribution in [-0.4, -0.2) is 18.9 Å². The largest absolute Gasteiger partial charge is 0.497 e. The SMILES string of the molecule is COc1ccc(NC(=O)c2ccc(NC(=O)CCc3ccccc3Cl)cc2)cc1. The highest BCUT2D eigenvalue weighted by Gasteiger charge is 2.08. The van der Waals surface area contributed by atoms with E-state index in [4.69, 9.17) is 16.3 Å². The topological polar surface area (TPSA) is 67.4 Å². The number of hydrogen-bond donors (Lipinski definition) is 2. The van der Waals surface area contributed by atoms with Crippen LogP contribution in [0, 0.1) is 0 Å². The van der Waals surface area contributed by atoms with Gasteiger partial charge in [-0.25, -0.2) is 0 Å². The van der Waals surface area contributed by atoms with Crippen molar-refractivity contribution < 1.29 is 14.3 Å². The summed E-state index contributed by atoms with van der Waals surface area (Å²) in [5, 5.41) is 6.31. The van der Waals surface area contributed by atoms with Gasteiger partial charge in [-0.15, -0.1) is 0 Å². The van der Waals surface area contributed by atoms with E-state index in [-0.39, 0.29) is 11.8 Å². The van der Waals surface area contributed by atoms with Gasteiger partial charge in [0.1, 0.15) is 5.75 Å². The number of benzene rings is 3. The Labute approximate surface area is 174 Å². The molecule has 0 unspecified atom stereocenters. The van der Waals surface area contributed by atoms with Crippen molar-refractivity contribution in [2.24, 2.45) is 0 Å². The Morgan fingerprint density at radius 2 is 1.48 bits per heavy atom. The number of carbonyl (C=O) groups is 2.